The van der Waals surface area contributed by atoms with Gasteiger partial charge in [-0.25, -0.2) is 0 Å². The largest absolute Gasteiger partial charge is 0.394 e. The lowest BCUT2D eigenvalue weighted by atomic mass is 10.0. The van der Waals surface area contributed by atoms with Crippen molar-refractivity contribution in [3.63, 3.8) is 0 Å². The quantitative estimate of drug-likeness (QED) is 0.308. The minimum atomic E-state index is -4.03. The van der Waals surface area contributed by atoms with Gasteiger partial charge in [0.2, 0.25) is 0 Å². The van der Waals surface area contributed by atoms with Gasteiger partial charge in [-0.1, -0.05) is 0 Å². The van der Waals surface area contributed by atoms with Crippen molar-refractivity contribution in [3.8, 4) is 0 Å². The van der Waals surface area contributed by atoms with E-state index in [1.54, 1.807) is 0 Å². The van der Waals surface area contributed by atoms with Gasteiger partial charge in [0.15, 0.2) is 0 Å². The SMILES string of the molecule is CS(=O)(=O)O[C@@H](CO)[C@@H](O)[C@H](O)[C@@H](CO)OS(C)(=O)=O. The smallest absolute Gasteiger partial charge is 0.264 e. The zero-order chi connectivity index (χ0) is 16.1. The first-order chi connectivity index (χ1) is 8.91. The van der Waals surface area contributed by atoms with E-state index in [2.05, 4.69) is 8.37 Å². The van der Waals surface area contributed by atoms with Gasteiger partial charge in [-0.15, -0.1) is 0 Å². The lowest BCUT2D eigenvalue weighted by Gasteiger charge is -2.28. The highest BCUT2D eigenvalue weighted by atomic mass is 32.2. The van der Waals surface area contributed by atoms with E-state index >= 15 is 0 Å². The first-order valence-corrected chi connectivity index (χ1v) is 8.89. The van der Waals surface area contributed by atoms with Crippen LogP contribution in [0.2, 0.25) is 0 Å². The summed E-state index contributed by atoms with van der Waals surface area (Å²) in [5.41, 5.74) is 0. The summed E-state index contributed by atoms with van der Waals surface area (Å²) in [6.45, 7) is -1.94. The number of aliphatic hydroxyl groups excluding tert-OH is 4. The van der Waals surface area contributed by atoms with E-state index < -0.39 is 57.9 Å². The maximum Gasteiger partial charge on any atom is 0.264 e. The number of rotatable bonds is 9. The van der Waals surface area contributed by atoms with E-state index in [1.807, 2.05) is 0 Å². The normalized spacial score (nSPS) is 19.3. The average molecular weight is 338 g/mol. The fourth-order valence-electron chi connectivity index (χ4n) is 1.28. The van der Waals surface area contributed by atoms with Gasteiger partial charge in [-0.3, -0.25) is 8.37 Å². The van der Waals surface area contributed by atoms with E-state index in [0.717, 1.165) is 0 Å². The van der Waals surface area contributed by atoms with Crippen molar-refractivity contribution < 1.29 is 45.6 Å². The van der Waals surface area contributed by atoms with Crippen LogP contribution in [0.5, 0.6) is 0 Å². The van der Waals surface area contributed by atoms with Crippen molar-refractivity contribution in [2.45, 2.75) is 24.4 Å². The van der Waals surface area contributed by atoms with Gasteiger partial charge in [-0.05, 0) is 0 Å². The fraction of sp³-hybridized carbons (Fsp3) is 1.00. The van der Waals surface area contributed by atoms with Gasteiger partial charge >= 0.3 is 0 Å². The van der Waals surface area contributed by atoms with Crippen molar-refractivity contribution in [3.05, 3.63) is 0 Å². The molecule has 0 rings (SSSR count). The summed E-state index contributed by atoms with van der Waals surface area (Å²) in [6, 6.07) is 0. The molecule has 0 radical (unpaired) electrons. The zero-order valence-electron chi connectivity index (χ0n) is 10.8. The third-order valence-corrected chi connectivity index (χ3v) is 3.26. The molecule has 10 nitrogen and oxygen atoms in total. The van der Waals surface area contributed by atoms with E-state index in [1.165, 1.54) is 0 Å². The number of hydrogen-bond donors (Lipinski definition) is 4. The van der Waals surface area contributed by atoms with Gasteiger partial charge in [0.05, 0.1) is 25.7 Å². The maximum atomic E-state index is 10.9. The monoisotopic (exact) mass is 338 g/mol. The Kier molecular flexibility index (Phi) is 7.48. The van der Waals surface area contributed by atoms with Gasteiger partial charge in [0.25, 0.3) is 20.2 Å². The average Bonchev–Trinajstić information content (AvgIpc) is 2.28. The van der Waals surface area contributed by atoms with Gasteiger partial charge in [-0.2, -0.15) is 16.8 Å². The van der Waals surface area contributed by atoms with Crippen LogP contribution in [0.25, 0.3) is 0 Å². The van der Waals surface area contributed by atoms with Crippen molar-refractivity contribution >= 4 is 20.2 Å². The highest BCUT2D eigenvalue weighted by molar-refractivity contribution is 7.86. The Balaban J connectivity index is 4.98. The minimum absolute atomic E-state index is 0.658. The first kappa shape index (κ1) is 19.7. The highest BCUT2D eigenvalue weighted by Crippen LogP contribution is 2.13. The van der Waals surface area contributed by atoms with Crippen LogP contribution >= 0.6 is 0 Å². The van der Waals surface area contributed by atoms with E-state index in [0.29, 0.717) is 12.5 Å². The first-order valence-electron chi connectivity index (χ1n) is 5.25. The predicted octanol–water partition coefficient (Wildman–Crippen LogP) is -3.62. The Morgan fingerprint density at radius 1 is 0.800 bits per heavy atom. The third-order valence-electron chi connectivity index (χ3n) is 2.07. The lowest BCUT2D eigenvalue weighted by Crippen LogP contribution is -2.50. The highest BCUT2D eigenvalue weighted by Gasteiger charge is 2.36. The Bertz CT molecular complexity index is 437. The van der Waals surface area contributed by atoms with Crippen LogP contribution in [-0.4, -0.2) is 87.4 Å². The molecule has 20 heavy (non-hydrogen) atoms. The van der Waals surface area contributed by atoms with Crippen LogP contribution in [0.3, 0.4) is 0 Å². The van der Waals surface area contributed by atoms with Crippen molar-refractivity contribution in [1.82, 2.24) is 0 Å². The summed E-state index contributed by atoms with van der Waals surface area (Å²) in [5.74, 6) is 0. The van der Waals surface area contributed by atoms with Crippen LogP contribution in [0.4, 0.5) is 0 Å². The van der Waals surface area contributed by atoms with Crippen LogP contribution in [-0.2, 0) is 28.6 Å². The molecule has 0 aliphatic carbocycles. The number of aliphatic hydroxyl groups is 4. The summed E-state index contributed by atoms with van der Waals surface area (Å²) < 4.78 is 52.2. The Morgan fingerprint density at radius 2 is 1.05 bits per heavy atom. The van der Waals surface area contributed by atoms with Crippen molar-refractivity contribution in [1.29, 1.82) is 0 Å². The zero-order valence-corrected chi connectivity index (χ0v) is 12.4. The van der Waals surface area contributed by atoms with Gasteiger partial charge < -0.3 is 20.4 Å². The summed E-state index contributed by atoms with van der Waals surface area (Å²) in [4.78, 5) is 0. The van der Waals surface area contributed by atoms with Gasteiger partial charge in [0, 0.05) is 0 Å². The molecule has 0 aromatic rings. The van der Waals surface area contributed by atoms with Crippen LogP contribution in [0, 0.1) is 0 Å². The summed E-state index contributed by atoms with van der Waals surface area (Å²) in [6.07, 6.45) is -6.17. The molecule has 0 spiro atoms. The molecule has 4 atom stereocenters. The minimum Gasteiger partial charge on any atom is -0.394 e. The summed E-state index contributed by atoms with van der Waals surface area (Å²) >= 11 is 0. The second-order valence-corrected chi connectivity index (χ2v) is 7.23. The van der Waals surface area contributed by atoms with Crippen molar-refractivity contribution in [2.75, 3.05) is 25.7 Å². The second-order valence-electron chi connectivity index (χ2n) is 4.02. The molecule has 0 aliphatic rings. The maximum absolute atomic E-state index is 10.9. The van der Waals surface area contributed by atoms with Gasteiger partial charge in [0.1, 0.15) is 24.4 Å². The standard InChI is InChI=1S/C8H18O10S2/c1-19(13,14)17-5(3-9)7(11)8(12)6(4-10)18-20(2,15)16/h5-12H,3-4H2,1-2H3/t5-,6+,7-,8-/m1/s1. The van der Waals surface area contributed by atoms with E-state index in [4.69, 9.17) is 10.2 Å². The molecular weight excluding hydrogens is 320 g/mol. The Labute approximate surface area is 116 Å². The predicted molar refractivity (Wildman–Crippen MR) is 65.6 cm³/mol. The molecule has 0 aromatic heterocycles. The second kappa shape index (κ2) is 7.61. The molecule has 122 valence electrons. The number of hydrogen-bond acceptors (Lipinski definition) is 10. The van der Waals surface area contributed by atoms with Crippen LogP contribution in [0.1, 0.15) is 0 Å². The van der Waals surface area contributed by atoms with Crippen LogP contribution in [0.15, 0.2) is 0 Å². The molecule has 0 aliphatic heterocycles. The van der Waals surface area contributed by atoms with E-state index in [9.17, 15) is 27.0 Å². The topological polar surface area (TPSA) is 168 Å². The summed E-state index contributed by atoms with van der Waals surface area (Å²) in [7, 11) is -8.07. The molecule has 4 N–H and O–H groups in total. The molecule has 0 heterocycles. The molecular formula is C8H18O10S2. The Morgan fingerprint density at radius 3 is 1.20 bits per heavy atom. The van der Waals surface area contributed by atoms with Crippen LogP contribution < -0.4 is 0 Å². The fourth-order valence-corrected chi connectivity index (χ4v) is 2.53. The van der Waals surface area contributed by atoms with Crippen molar-refractivity contribution in [2.24, 2.45) is 0 Å². The lowest BCUT2D eigenvalue weighted by molar-refractivity contribution is -0.107. The molecule has 0 unspecified atom stereocenters. The molecule has 0 saturated heterocycles. The molecule has 12 heteroatoms. The Hall–Kier alpha value is -0.340. The third kappa shape index (κ3) is 7.44. The summed E-state index contributed by atoms with van der Waals surface area (Å²) in [5, 5.41) is 37.1. The molecule has 0 saturated carbocycles. The molecule has 0 amide bonds. The molecule has 0 fully saturated rings. The molecule has 0 bridgehead atoms. The van der Waals surface area contributed by atoms with E-state index in [-0.39, 0.29) is 0 Å². The molecule has 0 aromatic carbocycles.